The molecule has 144 valence electrons. The van der Waals surface area contributed by atoms with Crippen LogP contribution in [0.1, 0.15) is 24.8 Å². The van der Waals surface area contributed by atoms with Crippen LogP contribution < -0.4 is 10.6 Å². The number of halogens is 1. The molecular weight excluding hydrogens is 374 g/mol. The van der Waals surface area contributed by atoms with Gasteiger partial charge >= 0.3 is 0 Å². The molecule has 0 aliphatic carbocycles. The van der Waals surface area contributed by atoms with Crippen molar-refractivity contribution in [3.8, 4) is 0 Å². The number of hydrogen-bond donors (Lipinski definition) is 2. The molecule has 0 saturated carbocycles. The second kappa shape index (κ2) is 9.24. The summed E-state index contributed by atoms with van der Waals surface area (Å²) in [6, 6.07) is 18.6. The first kappa shape index (κ1) is 19.7. The molecule has 5 nitrogen and oxygen atoms in total. The molecule has 6 heteroatoms. The molecule has 2 amide bonds. The molecule has 0 unspecified atom stereocenters. The average Bonchev–Trinajstić information content (AvgIpc) is 3.16. The summed E-state index contributed by atoms with van der Waals surface area (Å²) in [5, 5.41) is 6.30. The zero-order valence-corrected chi connectivity index (χ0v) is 16.3. The third-order valence-electron chi connectivity index (χ3n) is 4.36. The Balaban J connectivity index is 1.68. The van der Waals surface area contributed by atoms with Crippen LogP contribution in [0.2, 0.25) is 5.02 Å². The summed E-state index contributed by atoms with van der Waals surface area (Å²) in [5.74, 6) is -0.185. The van der Waals surface area contributed by atoms with E-state index in [1.54, 1.807) is 24.3 Å². The average molecular weight is 396 g/mol. The monoisotopic (exact) mass is 395 g/mol. The van der Waals surface area contributed by atoms with E-state index in [0.717, 1.165) is 5.56 Å². The van der Waals surface area contributed by atoms with Crippen molar-refractivity contribution >= 4 is 34.8 Å². The minimum absolute atomic E-state index is 0.0170. The van der Waals surface area contributed by atoms with E-state index in [2.05, 4.69) is 15.2 Å². The van der Waals surface area contributed by atoms with Gasteiger partial charge < -0.3 is 15.2 Å². The Kier molecular flexibility index (Phi) is 6.50. The first-order chi connectivity index (χ1) is 13.5. The largest absolute Gasteiger partial charge is 0.354 e. The van der Waals surface area contributed by atoms with E-state index < -0.39 is 0 Å². The normalized spacial score (nSPS) is 11.6. The predicted molar refractivity (Wildman–Crippen MR) is 113 cm³/mol. The quantitative estimate of drug-likeness (QED) is 0.596. The highest BCUT2D eigenvalue weighted by Gasteiger charge is 2.17. The fraction of sp³-hybridized carbons (Fsp3) is 0.182. The molecule has 3 aromatic rings. The number of amides is 2. The minimum atomic E-state index is -0.132. The fourth-order valence-corrected chi connectivity index (χ4v) is 3.17. The van der Waals surface area contributed by atoms with Gasteiger partial charge in [-0.25, -0.2) is 0 Å². The van der Waals surface area contributed by atoms with Gasteiger partial charge in [0.2, 0.25) is 11.8 Å². The lowest BCUT2D eigenvalue weighted by Gasteiger charge is -2.18. The number of aromatic nitrogens is 1. The molecule has 1 aromatic heterocycles. The van der Waals surface area contributed by atoms with E-state index in [0.29, 0.717) is 29.4 Å². The molecule has 0 fully saturated rings. The molecule has 2 aromatic carbocycles. The van der Waals surface area contributed by atoms with Gasteiger partial charge in [-0.05, 0) is 54.1 Å². The maximum Gasteiger partial charge on any atom is 0.225 e. The summed E-state index contributed by atoms with van der Waals surface area (Å²) >= 11 is 6.01. The molecule has 2 N–H and O–H groups in total. The van der Waals surface area contributed by atoms with E-state index in [1.165, 1.54) is 6.92 Å². The fourth-order valence-electron chi connectivity index (χ4n) is 3.05. The van der Waals surface area contributed by atoms with Gasteiger partial charge in [0.05, 0.1) is 0 Å². The van der Waals surface area contributed by atoms with Crippen molar-refractivity contribution in [1.29, 1.82) is 0 Å². The van der Waals surface area contributed by atoms with Gasteiger partial charge in [-0.3, -0.25) is 9.59 Å². The van der Waals surface area contributed by atoms with Crippen LogP contribution in [0.4, 0.5) is 11.4 Å². The highest BCUT2D eigenvalue weighted by Crippen LogP contribution is 2.25. The van der Waals surface area contributed by atoms with Gasteiger partial charge in [-0.15, -0.1) is 0 Å². The lowest BCUT2D eigenvalue weighted by Crippen LogP contribution is -2.18. The smallest absolute Gasteiger partial charge is 0.225 e. The van der Waals surface area contributed by atoms with E-state index in [-0.39, 0.29) is 17.7 Å². The lowest BCUT2D eigenvalue weighted by molar-refractivity contribution is -0.116. The van der Waals surface area contributed by atoms with Crippen molar-refractivity contribution in [3.05, 3.63) is 83.6 Å². The van der Waals surface area contributed by atoms with Crippen LogP contribution >= 0.6 is 11.6 Å². The number of carbonyl (C=O) groups is 2. The number of anilines is 2. The van der Waals surface area contributed by atoms with Crippen molar-refractivity contribution in [2.45, 2.75) is 25.8 Å². The minimum Gasteiger partial charge on any atom is -0.354 e. The van der Waals surface area contributed by atoms with Crippen LogP contribution in [0.3, 0.4) is 0 Å². The van der Waals surface area contributed by atoms with Crippen LogP contribution in [-0.2, 0) is 16.1 Å². The van der Waals surface area contributed by atoms with Crippen molar-refractivity contribution in [2.24, 2.45) is 0 Å². The molecule has 0 bridgehead atoms. The third-order valence-corrected chi connectivity index (χ3v) is 4.61. The van der Waals surface area contributed by atoms with E-state index >= 15 is 0 Å². The van der Waals surface area contributed by atoms with Gasteiger partial charge in [0.15, 0.2) is 0 Å². The van der Waals surface area contributed by atoms with Crippen LogP contribution in [-0.4, -0.2) is 16.4 Å². The number of rotatable bonds is 7. The highest BCUT2D eigenvalue weighted by molar-refractivity contribution is 6.30. The molecule has 0 saturated heterocycles. The standard InChI is InChI=1S/C22H22ClN3O2/c1-16(27)24-20-8-10-21(11-9-20)25-22(28)14-18(15-26-12-2-3-13-26)17-4-6-19(23)7-5-17/h2-13,18H,14-15H2,1H3,(H,24,27)(H,25,28)/t18-/m1/s1. The summed E-state index contributed by atoms with van der Waals surface area (Å²) in [6.45, 7) is 2.15. The van der Waals surface area contributed by atoms with Crippen LogP contribution in [0.25, 0.3) is 0 Å². The second-order valence-electron chi connectivity index (χ2n) is 6.64. The van der Waals surface area contributed by atoms with E-state index in [9.17, 15) is 9.59 Å². The maximum atomic E-state index is 12.6. The van der Waals surface area contributed by atoms with Gasteiger partial charge in [-0.2, -0.15) is 0 Å². The maximum absolute atomic E-state index is 12.6. The van der Waals surface area contributed by atoms with Gasteiger partial charge in [0.1, 0.15) is 0 Å². The first-order valence-corrected chi connectivity index (χ1v) is 9.41. The Morgan fingerprint density at radius 3 is 2.07 bits per heavy atom. The van der Waals surface area contributed by atoms with Crippen LogP contribution in [0.5, 0.6) is 0 Å². The summed E-state index contributed by atoms with van der Waals surface area (Å²) in [7, 11) is 0. The van der Waals surface area contributed by atoms with E-state index in [1.807, 2.05) is 48.8 Å². The Labute approximate surface area is 169 Å². The van der Waals surface area contributed by atoms with Gasteiger partial charge in [-0.1, -0.05) is 23.7 Å². The van der Waals surface area contributed by atoms with Crippen LogP contribution in [0.15, 0.2) is 73.1 Å². The van der Waals surface area contributed by atoms with Gasteiger partial charge in [0, 0.05) is 54.6 Å². The molecule has 3 rings (SSSR count). The Hall–Kier alpha value is -3.05. The summed E-state index contributed by atoms with van der Waals surface area (Å²) < 4.78 is 2.06. The van der Waals surface area contributed by atoms with E-state index in [4.69, 9.17) is 11.6 Å². The van der Waals surface area contributed by atoms with Crippen molar-refractivity contribution in [2.75, 3.05) is 10.6 Å². The SMILES string of the molecule is CC(=O)Nc1ccc(NC(=O)C[C@H](Cn2cccc2)c2ccc(Cl)cc2)cc1. The first-order valence-electron chi connectivity index (χ1n) is 9.03. The highest BCUT2D eigenvalue weighted by atomic mass is 35.5. The second-order valence-corrected chi connectivity index (χ2v) is 7.08. The third kappa shape index (κ3) is 5.72. The van der Waals surface area contributed by atoms with Crippen molar-refractivity contribution in [3.63, 3.8) is 0 Å². The molecule has 0 aliphatic heterocycles. The molecule has 1 atom stereocenters. The van der Waals surface area contributed by atoms with Crippen LogP contribution in [0, 0.1) is 0 Å². The van der Waals surface area contributed by atoms with Crippen molar-refractivity contribution in [1.82, 2.24) is 4.57 Å². The number of hydrogen-bond acceptors (Lipinski definition) is 2. The molecular formula is C22H22ClN3O2. The molecule has 1 heterocycles. The number of nitrogens with zero attached hydrogens (tertiary/aromatic N) is 1. The number of nitrogens with one attached hydrogen (secondary N) is 2. The Bertz CT molecular complexity index is 919. The molecule has 0 spiro atoms. The number of carbonyl (C=O) groups excluding carboxylic acids is 2. The Morgan fingerprint density at radius 1 is 0.929 bits per heavy atom. The topological polar surface area (TPSA) is 63.1 Å². The molecule has 0 radical (unpaired) electrons. The Morgan fingerprint density at radius 2 is 1.50 bits per heavy atom. The summed E-state index contributed by atoms with van der Waals surface area (Å²) in [5.41, 5.74) is 2.45. The van der Waals surface area contributed by atoms with Crippen molar-refractivity contribution < 1.29 is 9.59 Å². The van der Waals surface area contributed by atoms with Gasteiger partial charge in [0.25, 0.3) is 0 Å². The molecule has 0 aliphatic rings. The number of benzene rings is 2. The summed E-state index contributed by atoms with van der Waals surface area (Å²) in [4.78, 5) is 23.7. The lowest BCUT2D eigenvalue weighted by atomic mass is 9.95. The molecule has 28 heavy (non-hydrogen) atoms. The zero-order valence-electron chi connectivity index (χ0n) is 15.6. The predicted octanol–water partition coefficient (Wildman–Crippen LogP) is 4.91. The zero-order chi connectivity index (χ0) is 19.9. The summed E-state index contributed by atoms with van der Waals surface area (Å²) in [6.07, 6.45) is 4.32.